The minimum Gasteiger partial charge on any atom is -0.356 e. The highest BCUT2D eigenvalue weighted by Gasteiger charge is 2.20. The predicted octanol–water partition coefficient (Wildman–Crippen LogP) is 3.68. The summed E-state index contributed by atoms with van der Waals surface area (Å²) in [5.74, 6) is -1.16. The number of nitrogens with zero attached hydrogens (tertiary/aromatic N) is 3. The van der Waals surface area contributed by atoms with Gasteiger partial charge in [-0.05, 0) is 31.0 Å². The van der Waals surface area contributed by atoms with Crippen LogP contribution in [0.4, 0.5) is 16.0 Å². The molecule has 3 heterocycles. The molecule has 148 valence electrons. The zero-order valence-corrected chi connectivity index (χ0v) is 16.0. The molecule has 0 spiro atoms. The molecule has 1 aliphatic rings. The van der Waals surface area contributed by atoms with E-state index in [4.69, 9.17) is 11.6 Å². The molecule has 0 aliphatic carbocycles. The summed E-state index contributed by atoms with van der Waals surface area (Å²) in [7, 11) is 0. The van der Waals surface area contributed by atoms with Crippen molar-refractivity contribution in [1.29, 1.82) is 0 Å². The summed E-state index contributed by atoms with van der Waals surface area (Å²) in [6.45, 7) is 1.86. The van der Waals surface area contributed by atoms with E-state index in [0.29, 0.717) is 11.6 Å². The van der Waals surface area contributed by atoms with Gasteiger partial charge < -0.3 is 15.2 Å². The number of nitrogens with one attached hydrogen (secondary N) is 2. The largest absolute Gasteiger partial charge is 0.356 e. The normalized spacial score (nSPS) is 13.5. The van der Waals surface area contributed by atoms with Crippen molar-refractivity contribution in [2.45, 2.75) is 12.8 Å². The Balaban J connectivity index is 1.46. The number of carbonyl (C=O) groups is 2. The number of aromatic nitrogens is 3. The van der Waals surface area contributed by atoms with E-state index in [-0.39, 0.29) is 21.8 Å². The van der Waals surface area contributed by atoms with Crippen molar-refractivity contribution in [1.82, 2.24) is 15.0 Å². The smallest absolute Gasteiger partial charge is 0.272 e. The standard InChI is InChI=1S/C20H17ClFN5O2/c21-14-4-3-5-15(22)17(14)18(28)12-8-16(23-9-12)19(29)26-13-10-24-20(25-11-13)27-6-1-2-7-27/h3-5,8-11,23H,1-2,6-7H2,(H,26,29). The number of amides is 1. The van der Waals surface area contributed by atoms with Gasteiger partial charge in [0, 0.05) is 24.8 Å². The quantitative estimate of drug-likeness (QED) is 0.622. The Morgan fingerprint density at radius 2 is 1.90 bits per heavy atom. The first kappa shape index (κ1) is 19.1. The van der Waals surface area contributed by atoms with E-state index in [1.807, 2.05) is 0 Å². The molecule has 4 rings (SSSR count). The molecule has 1 amide bonds. The lowest BCUT2D eigenvalue weighted by Gasteiger charge is -2.14. The second-order valence-corrected chi connectivity index (χ2v) is 7.06. The Labute approximate surface area is 170 Å². The van der Waals surface area contributed by atoms with Crippen LogP contribution < -0.4 is 10.2 Å². The van der Waals surface area contributed by atoms with Crippen LogP contribution in [0.2, 0.25) is 5.02 Å². The molecule has 7 nitrogen and oxygen atoms in total. The minimum atomic E-state index is -0.718. The lowest BCUT2D eigenvalue weighted by Crippen LogP contribution is -2.20. The van der Waals surface area contributed by atoms with Gasteiger partial charge in [0.1, 0.15) is 11.5 Å². The van der Waals surface area contributed by atoms with Crippen LogP contribution in [0.15, 0.2) is 42.9 Å². The maximum atomic E-state index is 14.0. The monoisotopic (exact) mass is 413 g/mol. The summed E-state index contributed by atoms with van der Waals surface area (Å²) in [5, 5.41) is 2.68. The number of hydrogen-bond donors (Lipinski definition) is 2. The second kappa shape index (κ2) is 8.00. The Morgan fingerprint density at radius 3 is 2.59 bits per heavy atom. The van der Waals surface area contributed by atoms with Gasteiger partial charge >= 0.3 is 0 Å². The Kier molecular flexibility index (Phi) is 5.26. The molecule has 3 aromatic rings. The van der Waals surface area contributed by atoms with Gasteiger partial charge in [-0.3, -0.25) is 9.59 Å². The molecule has 29 heavy (non-hydrogen) atoms. The fourth-order valence-electron chi connectivity index (χ4n) is 3.18. The number of hydrogen-bond acceptors (Lipinski definition) is 5. The Bertz CT molecular complexity index is 1040. The number of aromatic amines is 1. The maximum absolute atomic E-state index is 14.0. The molecule has 1 aromatic carbocycles. The molecular weight excluding hydrogens is 397 g/mol. The van der Waals surface area contributed by atoms with Gasteiger partial charge in [0.05, 0.1) is 28.7 Å². The fraction of sp³-hybridized carbons (Fsp3) is 0.200. The number of benzene rings is 1. The fourth-order valence-corrected chi connectivity index (χ4v) is 3.43. The molecule has 1 saturated heterocycles. The topological polar surface area (TPSA) is 91.0 Å². The number of anilines is 2. The van der Waals surface area contributed by atoms with Gasteiger partial charge in [-0.15, -0.1) is 0 Å². The van der Waals surface area contributed by atoms with Crippen LogP contribution in [0.25, 0.3) is 0 Å². The lowest BCUT2D eigenvalue weighted by atomic mass is 10.1. The Morgan fingerprint density at radius 1 is 1.17 bits per heavy atom. The number of halogens is 2. The average Bonchev–Trinajstić information content (AvgIpc) is 3.41. The summed E-state index contributed by atoms with van der Waals surface area (Å²) in [4.78, 5) is 38.4. The maximum Gasteiger partial charge on any atom is 0.272 e. The summed E-state index contributed by atoms with van der Waals surface area (Å²) in [6.07, 6.45) is 6.65. The van der Waals surface area contributed by atoms with Crippen LogP contribution >= 0.6 is 11.6 Å². The Hall–Kier alpha value is -3.26. The highest BCUT2D eigenvalue weighted by atomic mass is 35.5. The van der Waals surface area contributed by atoms with Crippen LogP contribution in [0.5, 0.6) is 0 Å². The van der Waals surface area contributed by atoms with Crippen LogP contribution in [-0.4, -0.2) is 39.7 Å². The molecule has 0 atom stereocenters. The van der Waals surface area contributed by atoms with Gasteiger partial charge in [-0.25, -0.2) is 14.4 Å². The second-order valence-electron chi connectivity index (χ2n) is 6.65. The molecule has 9 heteroatoms. The van der Waals surface area contributed by atoms with E-state index in [2.05, 4.69) is 25.2 Å². The van der Waals surface area contributed by atoms with Crippen molar-refractivity contribution in [3.8, 4) is 0 Å². The molecule has 1 fully saturated rings. The SMILES string of the molecule is O=C(Nc1cnc(N2CCCC2)nc1)c1cc(C(=O)c2c(F)cccc2Cl)c[nH]1. The molecule has 0 radical (unpaired) electrons. The number of H-pyrrole nitrogens is 1. The van der Waals surface area contributed by atoms with Crippen molar-refractivity contribution >= 4 is 34.9 Å². The minimum absolute atomic E-state index is 0.0115. The van der Waals surface area contributed by atoms with Crippen LogP contribution in [0.1, 0.15) is 39.3 Å². The van der Waals surface area contributed by atoms with Crippen molar-refractivity contribution < 1.29 is 14.0 Å². The van der Waals surface area contributed by atoms with Crippen molar-refractivity contribution in [2.75, 3.05) is 23.3 Å². The number of carbonyl (C=O) groups excluding carboxylic acids is 2. The van der Waals surface area contributed by atoms with Crippen molar-refractivity contribution in [3.63, 3.8) is 0 Å². The molecule has 2 aromatic heterocycles. The van der Waals surface area contributed by atoms with E-state index in [0.717, 1.165) is 32.0 Å². The van der Waals surface area contributed by atoms with Crippen LogP contribution in [0.3, 0.4) is 0 Å². The third-order valence-electron chi connectivity index (χ3n) is 4.66. The first-order valence-electron chi connectivity index (χ1n) is 9.08. The zero-order valence-electron chi connectivity index (χ0n) is 15.3. The average molecular weight is 414 g/mol. The summed E-state index contributed by atoms with van der Waals surface area (Å²) in [5.41, 5.74) is 0.468. The first-order valence-corrected chi connectivity index (χ1v) is 9.46. The third kappa shape index (κ3) is 3.97. The van der Waals surface area contributed by atoms with Gasteiger partial charge in [-0.1, -0.05) is 17.7 Å². The molecular formula is C20H17ClFN5O2. The van der Waals surface area contributed by atoms with Crippen LogP contribution in [-0.2, 0) is 0 Å². The van der Waals surface area contributed by atoms with Gasteiger partial charge in [-0.2, -0.15) is 0 Å². The van der Waals surface area contributed by atoms with E-state index >= 15 is 0 Å². The summed E-state index contributed by atoms with van der Waals surface area (Å²) >= 11 is 5.94. The van der Waals surface area contributed by atoms with E-state index in [1.165, 1.54) is 36.8 Å². The summed E-state index contributed by atoms with van der Waals surface area (Å²) in [6, 6.07) is 5.36. The molecule has 1 aliphatic heterocycles. The molecule has 2 N–H and O–H groups in total. The van der Waals surface area contributed by atoms with E-state index in [1.54, 1.807) is 0 Å². The summed E-state index contributed by atoms with van der Waals surface area (Å²) < 4.78 is 14.0. The lowest BCUT2D eigenvalue weighted by molar-refractivity contribution is 0.102. The number of rotatable bonds is 5. The van der Waals surface area contributed by atoms with Gasteiger partial charge in [0.25, 0.3) is 5.91 Å². The van der Waals surface area contributed by atoms with E-state index < -0.39 is 17.5 Å². The van der Waals surface area contributed by atoms with Crippen molar-refractivity contribution in [3.05, 3.63) is 70.5 Å². The highest BCUT2D eigenvalue weighted by molar-refractivity contribution is 6.35. The molecule has 0 unspecified atom stereocenters. The zero-order chi connectivity index (χ0) is 20.4. The first-order chi connectivity index (χ1) is 14.0. The van der Waals surface area contributed by atoms with Crippen molar-refractivity contribution in [2.24, 2.45) is 0 Å². The van der Waals surface area contributed by atoms with Gasteiger partial charge in [0.15, 0.2) is 5.78 Å². The molecule has 0 saturated carbocycles. The van der Waals surface area contributed by atoms with E-state index in [9.17, 15) is 14.0 Å². The molecule has 0 bridgehead atoms. The number of ketones is 1. The predicted molar refractivity (Wildman–Crippen MR) is 107 cm³/mol. The van der Waals surface area contributed by atoms with Crippen LogP contribution in [0, 0.1) is 5.82 Å². The highest BCUT2D eigenvalue weighted by Crippen LogP contribution is 2.23. The van der Waals surface area contributed by atoms with Gasteiger partial charge in [0.2, 0.25) is 5.95 Å². The third-order valence-corrected chi connectivity index (χ3v) is 4.98.